The molecule has 1 amide bonds. The van der Waals surface area contributed by atoms with E-state index in [1.807, 2.05) is 6.26 Å². The first-order valence-electron chi connectivity index (χ1n) is 6.67. The van der Waals surface area contributed by atoms with Crippen molar-refractivity contribution in [2.45, 2.75) is 24.3 Å². The molecule has 1 aromatic heterocycles. The lowest BCUT2D eigenvalue weighted by molar-refractivity contribution is 0.0385. The Hall–Kier alpha value is -0.920. The molecule has 0 aliphatic carbocycles. The van der Waals surface area contributed by atoms with Crippen molar-refractivity contribution in [1.82, 2.24) is 5.32 Å². The predicted molar refractivity (Wildman–Crippen MR) is 86.1 cm³/mol. The van der Waals surface area contributed by atoms with Crippen LogP contribution in [0.15, 0.2) is 4.90 Å². The Morgan fingerprint density at radius 1 is 1.65 bits per heavy atom. The molecule has 1 fully saturated rings. The van der Waals surface area contributed by atoms with E-state index in [4.69, 9.17) is 10.5 Å². The molecule has 1 aliphatic rings. The zero-order valence-electron chi connectivity index (χ0n) is 12.1. The molecule has 20 heavy (non-hydrogen) atoms. The van der Waals surface area contributed by atoms with Crippen LogP contribution in [-0.2, 0) is 4.74 Å². The molecule has 0 bridgehead atoms. The summed E-state index contributed by atoms with van der Waals surface area (Å²) in [5.74, 6) is -0.116. The topological polar surface area (TPSA) is 67.6 Å². The summed E-state index contributed by atoms with van der Waals surface area (Å²) in [5.41, 5.74) is 6.73. The number of rotatable bonds is 4. The maximum atomic E-state index is 11.9. The van der Waals surface area contributed by atoms with Gasteiger partial charge in [0.25, 0.3) is 5.91 Å². The number of morpholine rings is 1. The Bertz CT molecular complexity index is 490. The van der Waals surface area contributed by atoms with Crippen LogP contribution in [-0.4, -0.2) is 45.0 Å². The van der Waals surface area contributed by atoms with Gasteiger partial charge in [0.15, 0.2) is 0 Å². The summed E-state index contributed by atoms with van der Waals surface area (Å²) >= 11 is 3.07. The first-order chi connectivity index (χ1) is 9.62. The lowest BCUT2D eigenvalue weighted by Crippen LogP contribution is -2.42. The van der Waals surface area contributed by atoms with E-state index in [-0.39, 0.29) is 12.0 Å². The third-order valence-corrected chi connectivity index (χ3v) is 5.62. The van der Waals surface area contributed by atoms with Crippen molar-refractivity contribution in [2.24, 2.45) is 0 Å². The van der Waals surface area contributed by atoms with Gasteiger partial charge >= 0.3 is 0 Å². The molecule has 1 atom stereocenters. The number of nitrogen functional groups attached to an aromatic ring is 1. The van der Waals surface area contributed by atoms with Crippen LogP contribution in [0.1, 0.15) is 23.0 Å². The third kappa shape index (κ3) is 2.89. The lowest BCUT2D eigenvalue weighted by Gasteiger charge is -2.33. The summed E-state index contributed by atoms with van der Waals surface area (Å²) in [5, 5.41) is 3.74. The van der Waals surface area contributed by atoms with Crippen LogP contribution in [0.4, 0.5) is 10.7 Å². The highest BCUT2D eigenvalue weighted by molar-refractivity contribution is 7.99. The standard InChI is InChI=1S/C13H21N3O2S2/c1-4-8-7-16(5-6-18-8)13-11(19-3)9(14)10(20-13)12(17)15-2/h8H,4-7,14H2,1-3H3,(H,15,17). The molecule has 3 N–H and O–H groups in total. The summed E-state index contributed by atoms with van der Waals surface area (Å²) in [4.78, 5) is 15.8. The molecule has 0 spiro atoms. The fourth-order valence-electron chi connectivity index (χ4n) is 2.25. The molecule has 1 unspecified atom stereocenters. The molecule has 112 valence electrons. The Morgan fingerprint density at radius 3 is 3.00 bits per heavy atom. The van der Waals surface area contributed by atoms with Crippen LogP contribution in [0.5, 0.6) is 0 Å². The summed E-state index contributed by atoms with van der Waals surface area (Å²) < 4.78 is 5.70. The van der Waals surface area contributed by atoms with Crippen LogP contribution in [0.2, 0.25) is 0 Å². The number of hydrogen-bond donors (Lipinski definition) is 2. The fraction of sp³-hybridized carbons (Fsp3) is 0.615. The summed E-state index contributed by atoms with van der Waals surface area (Å²) in [6.07, 6.45) is 3.24. The normalized spacial score (nSPS) is 19.1. The first kappa shape index (κ1) is 15.5. The molecule has 5 nitrogen and oxygen atoms in total. The molecule has 1 aliphatic heterocycles. The van der Waals surface area contributed by atoms with Crippen molar-refractivity contribution in [2.75, 3.05) is 43.6 Å². The minimum Gasteiger partial charge on any atom is -0.396 e. The van der Waals surface area contributed by atoms with Gasteiger partial charge in [-0.25, -0.2) is 0 Å². The highest BCUT2D eigenvalue weighted by Crippen LogP contribution is 2.44. The zero-order chi connectivity index (χ0) is 14.7. The number of carbonyl (C=O) groups excluding carboxylic acids is 1. The van der Waals surface area contributed by atoms with E-state index in [0.717, 1.165) is 36.0 Å². The van der Waals surface area contributed by atoms with Gasteiger partial charge in [-0.1, -0.05) is 6.92 Å². The molecule has 1 saturated heterocycles. The molecule has 0 radical (unpaired) electrons. The van der Waals surface area contributed by atoms with Gasteiger partial charge < -0.3 is 20.7 Å². The van der Waals surface area contributed by atoms with Crippen LogP contribution in [0.25, 0.3) is 0 Å². The number of hydrogen-bond acceptors (Lipinski definition) is 6. The van der Waals surface area contributed by atoms with Crippen molar-refractivity contribution < 1.29 is 9.53 Å². The number of nitrogens with two attached hydrogens (primary N) is 1. The molecule has 0 saturated carbocycles. The Balaban J connectivity index is 2.33. The fourth-order valence-corrected chi connectivity index (χ4v) is 4.42. The largest absolute Gasteiger partial charge is 0.396 e. The Labute approximate surface area is 127 Å². The average Bonchev–Trinajstić information content (AvgIpc) is 2.83. The number of thiophene rings is 1. The van der Waals surface area contributed by atoms with Gasteiger partial charge in [0.1, 0.15) is 9.88 Å². The smallest absolute Gasteiger partial charge is 0.263 e. The van der Waals surface area contributed by atoms with E-state index in [2.05, 4.69) is 17.1 Å². The summed E-state index contributed by atoms with van der Waals surface area (Å²) in [7, 11) is 1.63. The minimum absolute atomic E-state index is 0.116. The van der Waals surface area contributed by atoms with Crippen LogP contribution in [0.3, 0.4) is 0 Å². The maximum Gasteiger partial charge on any atom is 0.263 e. The number of nitrogens with one attached hydrogen (secondary N) is 1. The van der Waals surface area contributed by atoms with Gasteiger partial charge in [-0.05, 0) is 12.7 Å². The van der Waals surface area contributed by atoms with Gasteiger partial charge in [0.2, 0.25) is 0 Å². The first-order valence-corrected chi connectivity index (χ1v) is 8.71. The number of nitrogens with zero attached hydrogens (tertiary/aromatic N) is 1. The van der Waals surface area contributed by atoms with E-state index in [1.54, 1.807) is 18.8 Å². The van der Waals surface area contributed by atoms with Crippen molar-refractivity contribution in [3.8, 4) is 0 Å². The number of amides is 1. The summed E-state index contributed by atoms with van der Waals surface area (Å²) in [6.45, 7) is 4.55. The van der Waals surface area contributed by atoms with Crippen molar-refractivity contribution >= 4 is 39.7 Å². The Morgan fingerprint density at radius 2 is 2.40 bits per heavy atom. The van der Waals surface area contributed by atoms with Crippen molar-refractivity contribution in [1.29, 1.82) is 0 Å². The second kappa shape index (κ2) is 6.69. The van der Waals surface area contributed by atoms with Gasteiger partial charge in [-0.2, -0.15) is 0 Å². The maximum absolute atomic E-state index is 11.9. The quantitative estimate of drug-likeness (QED) is 0.832. The van der Waals surface area contributed by atoms with Crippen molar-refractivity contribution in [3.05, 3.63) is 4.88 Å². The number of anilines is 2. The van der Waals surface area contributed by atoms with Crippen LogP contribution >= 0.6 is 23.1 Å². The minimum atomic E-state index is -0.116. The summed E-state index contributed by atoms with van der Waals surface area (Å²) in [6, 6.07) is 0. The van der Waals surface area contributed by atoms with Gasteiger partial charge in [0.05, 0.1) is 23.3 Å². The van der Waals surface area contributed by atoms with E-state index in [0.29, 0.717) is 10.6 Å². The van der Waals surface area contributed by atoms with E-state index in [9.17, 15) is 4.79 Å². The van der Waals surface area contributed by atoms with Gasteiger partial charge in [-0.3, -0.25) is 4.79 Å². The molecule has 1 aromatic rings. The van der Waals surface area contributed by atoms with E-state index >= 15 is 0 Å². The van der Waals surface area contributed by atoms with Gasteiger partial charge in [-0.15, -0.1) is 23.1 Å². The number of carbonyl (C=O) groups is 1. The SMILES string of the molecule is CCC1CN(c2sc(C(=O)NC)c(N)c2SC)CCO1. The second-order valence-electron chi connectivity index (χ2n) is 4.61. The average molecular weight is 315 g/mol. The number of thioether (sulfide) groups is 1. The monoisotopic (exact) mass is 315 g/mol. The van der Waals surface area contributed by atoms with E-state index in [1.165, 1.54) is 11.3 Å². The van der Waals surface area contributed by atoms with Crippen LogP contribution in [0, 0.1) is 0 Å². The Kier molecular flexibility index (Phi) is 5.17. The molecular formula is C13H21N3O2S2. The molecule has 2 rings (SSSR count). The van der Waals surface area contributed by atoms with Gasteiger partial charge in [0, 0.05) is 20.1 Å². The molecule has 7 heteroatoms. The third-order valence-electron chi connectivity index (χ3n) is 3.40. The molecule has 2 heterocycles. The highest BCUT2D eigenvalue weighted by atomic mass is 32.2. The number of ether oxygens (including phenoxy) is 1. The van der Waals surface area contributed by atoms with Crippen LogP contribution < -0.4 is 16.0 Å². The molecular weight excluding hydrogens is 294 g/mol. The molecule has 0 aromatic carbocycles. The second-order valence-corrected chi connectivity index (χ2v) is 6.43. The highest BCUT2D eigenvalue weighted by Gasteiger charge is 2.27. The predicted octanol–water partition coefficient (Wildman–Crippen LogP) is 2.03. The van der Waals surface area contributed by atoms with Crippen molar-refractivity contribution in [3.63, 3.8) is 0 Å². The lowest BCUT2D eigenvalue weighted by atomic mass is 10.2. The zero-order valence-corrected chi connectivity index (χ0v) is 13.7. The van der Waals surface area contributed by atoms with E-state index < -0.39 is 0 Å².